The van der Waals surface area contributed by atoms with Gasteiger partial charge in [0.15, 0.2) is 6.61 Å². The van der Waals surface area contributed by atoms with E-state index in [0.717, 1.165) is 25.7 Å². The van der Waals surface area contributed by atoms with Gasteiger partial charge in [0.1, 0.15) is 11.3 Å². The molecule has 2 rings (SSSR count). The number of aromatic hydroxyl groups is 1. The zero-order valence-corrected chi connectivity index (χ0v) is 12.2. The van der Waals surface area contributed by atoms with Crippen LogP contribution in [0.25, 0.3) is 0 Å². The molecule has 1 N–H and O–H groups in total. The van der Waals surface area contributed by atoms with Gasteiger partial charge in [-0.1, -0.05) is 31.4 Å². The van der Waals surface area contributed by atoms with Crippen LogP contribution in [0.5, 0.6) is 5.75 Å². The summed E-state index contributed by atoms with van der Waals surface area (Å²) in [5.74, 6) is -1.03. The predicted octanol–water partition coefficient (Wildman–Crippen LogP) is 2.34. The number of esters is 1. The number of ether oxygens (including phenoxy) is 1. The van der Waals surface area contributed by atoms with Gasteiger partial charge in [-0.15, -0.1) is 0 Å². The lowest BCUT2D eigenvalue weighted by Gasteiger charge is -2.31. The second kappa shape index (κ2) is 7.11. The van der Waals surface area contributed by atoms with Crippen molar-refractivity contribution >= 4 is 11.9 Å². The van der Waals surface area contributed by atoms with E-state index in [2.05, 4.69) is 0 Å². The van der Waals surface area contributed by atoms with Crippen LogP contribution in [0, 0.1) is 0 Å². The van der Waals surface area contributed by atoms with Crippen LogP contribution in [-0.2, 0) is 9.53 Å². The van der Waals surface area contributed by atoms with Gasteiger partial charge < -0.3 is 14.7 Å². The first-order valence-corrected chi connectivity index (χ1v) is 7.30. The van der Waals surface area contributed by atoms with Crippen LogP contribution in [0.1, 0.15) is 42.5 Å². The third-order valence-electron chi connectivity index (χ3n) is 3.97. The van der Waals surface area contributed by atoms with Gasteiger partial charge in [-0.2, -0.15) is 0 Å². The summed E-state index contributed by atoms with van der Waals surface area (Å²) in [6, 6.07) is 6.37. The monoisotopic (exact) mass is 291 g/mol. The van der Waals surface area contributed by atoms with Crippen LogP contribution in [0.2, 0.25) is 0 Å². The van der Waals surface area contributed by atoms with Crippen molar-refractivity contribution in [3.63, 3.8) is 0 Å². The van der Waals surface area contributed by atoms with Crippen molar-refractivity contribution in [3.8, 4) is 5.75 Å². The highest BCUT2D eigenvalue weighted by Crippen LogP contribution is 2.22. The normalized spacial score (nSPS) is 15.5. The topological polar surface area (TPSA) is 66.8 Å². The van der Waals surface area contributed by atoms with E-state index in [9.17, 15) is 14.7 Å². The van der Waals surface area contributed by atoms with Gasteiger partial charge in [-0.25, -0.2) is 4.79 Å². The van der Waals surface area contributed by atoms with Crippen molar-refractivity contribution in [2.75, 3.05) is 13.7 Å². The molecule has 0 aliphatic heterocycles. The zero-order valence-electron chi connectivity index (χ0n) is 12.2. The molecule has 1 aliphatic rings. The lowest BCUT2D eigenvalue weighted by molar-refractivity contribution is -0.135. The van der Waals surface area contributed by atoms with Gasteiger partial charge in [-0.3, -0.25) is 4.79 Å². The number of para-hydroxylation sites is 1. The van der Waals surface area contributed by atoms with E-state index in [1.807, 2.05) is 0 Å². The highest BCUT2D eigenvalue weighted by molar-refractivity contribution is 5.93. The summed E-state index contributed by atoms with van der Waals surface area (Å²) < 4.78 is 4.99. The Bertz CT molecular complexity index is 509. The summed E-state index contributed by atoms with van der Waals surface area (Å²) in [4.78, 5) is 25.5. The molecule has 0 unspecified atom stereocenters. The third-order valence-corrected chi connectivity index (χ3v) is 3.97. The number of carbonyl (C=O) groups excluding carboxylic acids is 2. The molecule has 0 radical (unpaired) electrons. The molecule has 0 saturated heterocycles. The number of benzene rings is 1. The number of likely N-dealkylation sites (N-methyl/N-ethyl adjacent to an activating group) is 1. The summed E-state index contributed by atoms with van der Waals surface area (Å²) in [5.41, 5.74) is 0.0746. The van der Waals surface area contributed by atoms with Gasteiger partial charge in [-0.05, 0) is 25.0 Å². The maximum absolute atomic E-state index is 12.0. The molecule has 1 aromatic rings. The quantitative estimate of drug-likeness (QED) is 0.865. The molecule has 0 spiro atoms. The van der Waals surface area contributed by atoms with Crippen molar-refractivity contribution < 1.29 is 19.4 Å². The zero-order chi connectivity index (χ0) is 15.2. The smallest absolute Gasteiger partial charge is 0.342 e. The average molecular weight is 291 g/mol. The third kappa shape index (κ3) is 3.97. The Morgan fingerprint density at radius 1 is 1.24 bits per heavy atom. The number of phenols is 1. The van der Waals surface area contributed by atoms with Crippen molar-refractivity contribution in [2.24, 2.45) is 0 Å². The Morgan fingerprint density at radius 2 is 1.90 bits per heavy atom. The molecule has 0 aromatic heterocycles. The Balaban J connectivity index is 1.86. The number of carbonyl (C=O) groups is 2. The van der Waals surface area contributed by atoms with Crippen LogP contribution >= 0.6 is 0 Å². The molecule has 114 valence electrons. The van der Waals surface area contributed by atoms with Crippen LogP contribution in [0.15, 0.2) is 24.3 Å². The molecular formula is C16H21NO4. The summed E-state index contributed by atoms with van der Waals surface area (Å²) in [7, 11) is 1.76. The molecule has 0 atom stereocenters. The maximum Gasteiger partial charge on any atom is 0.342 e. The van der Waals surface area contributed by atoms with E-state index in [1.165, 1.54) is 18.6 Å². The van der Waals surface area contributed by atoms with Crippen LogP contribution in [-0.4, -0.2) is 41.6 Å². The molecule has 0 heterocycles. The molecule has 5 nitrogen and oxygen atoms in total. The molecule has 5 heteroatoms. The average Bonchev–Trinajstić information content (AvgIpc) is 2.52. The van der Waals surface area contributed by atoms with Gasteiger partial charge >= 0.3 is 5.97 Å². The van der Waals surface area contributed by atoms with Crippen molar-refractivity contribution in [2.45, 2.75) is 38.1 Å². The number of hydrogen-bond acceptors (Lipinski definition) is 4. The summed E-state index contributed by atoms with van der Waals surface area (Å²) in [6.07, 6.45) is 5.52. The number of nitrogens with zero attached hydrogens (tertiary/aromatic N) is 1. The minimum Gasteiger partial charge on any atom is -0.507 e. The molecule has 1 saturated carbocycles. The van der Waals surface area contributed by atoms with Crippen molar-refractivity contribution in [3.05, 3.63) is 29.8 Å². The van der Waals surface area contributed by atoms with Gasteiger partial charge in [0.2, 0.25) is 0 Å². The first-order chi connectivity index (χ1) is 10.1. The number of amides is 1. The first kappa shape index (κ1) is 15.4. The van der Waals surface area contributed by atoms with E-state index in [1.54, 1.807) is 24.1 Å². The van der Waals surface area contributed by atoms with E-state index >= 15 is 0 Å². The SMILES string of the molecule is CN(C(=O)COC(=O)c1ccccc1O)C1CCCCC1. The molecule has 1 aromatic carbocycles. The molecule has 1 amide bonds. The summed E-state index contributed by atoms with van der Waals surface area (Å²) >= 11 is 0. The fraction of sp³-hybridized carbons (Fsp3) is 0.500. The fourth-order valence-corrected chi connectivity index (χ4v) is 2.63. The first-order valence-electron chi connectivity index (χ1n) is 7.30. The highest BCUT2D eigenvalue weighted by Gasteiger charge is 2.23. The van der Waals surface area contributed by atoms with Crippen molar-refractivity contribution in [1.82, 2.24) is 4.90 Å². The largest absolute Gasteiger partial charge is 0.507 e. The maximum atomic E-state index is 12.0. The van der Waals surface area contributed by atoms with E-state index < -0.39 is 5.97 Å². The Labute approximate surface area is 124 Å². The Morgan fingerprint density at radius 3 is 2.57 bits per heavy atom. The van der Waals surface area contributed by atoms with Crippen molar-refractivity contribution in [1.29, 1.82) is 0 Å². The summed E-state index contributed by atoms with van der Waals surface area (Å²) in [5, 5.41) is 9.56. The van der Waals surface area contributed by atoms with Gasteiger partial charge in [0, 0.05) is 13.1 Å². The van der Waals surface area contributed by atoms with E-state index in [4.69, 9.17) is 4.74 Å². The minimum absolute atomic E-state index is 0.0746. The lowest BCUT2D eigenvalue weighted by Crippen LogP contribution is -2.40. The Kier molecular flexibility index (Phi) is 5.20. The van der Waals surface area contributed by atoms with Gasteiger partial charge in [0.25, 0.3) is 5.91 Å². The highest BCUT2D eigenvalue weighted by atomic mass is 16.5. The van der Waals surface area contributed by atoms with Crippen LogP contribution < -0.4 is 0 Å². The minimum atomic E-state index is -0.682. The fourth-order valence-electron chi connectivity index (χ4n) is 2.63. The second-order valence-corrected chi connectivity index (χ2v) is 5.39. The van der Waals surface area contributed by atoms with Crippen LogP contribution in [0.4, 0.5) is 0 Å². The molecule has 1 fully saturated rings. The van der Waals surface area contributed by atoms with E-state index in [0.29, 0.717) is 0 Å². The van der Waals surface area contributed by atoms with Gasteiger partial charge in [0.05, 0.1) is 0 Å². The van der Waals surface area contributed by atoms with E-state index in [-0.39, 0.29) is 29.9 Å². The molecular weight excluding hydrogens is 270 g/mol. The Hall–Kier alpha value is -2.04. The van der Waals surface area contributed by atoms with Crippen LogP contribution in [0.3, 0.4) is 0 Å². The standard InChI is InChI=1S/C16H21NO4/c1-17(12-7-3-2-4-8-12)15(19)11-21-16(20)13-9-5-6-10-14(13)18/h5-6,9-10,12,18H,2-4,7-8,11H2,1H3. The number of rotatable bonds is 4. The molecule has 21 heavy (non-hydrogen) atoms. The second-order valence-electron chi connectivity index (χ2n) is 5.39. The summed E-state index contributed by atoms with van der Waals surface area (Å²) in [6.45, 7) is -0.292. The lowest BCUT2D eigenvalue weighted by atomic mass is 9.94. The number of phenolic OH excluding ortho intramolecular Hbond substituents is 1. The predicted molar refractivity (Wildman–Crippen MR) is 78.0 cm³/mol. The molecule has 0 bridgehead atoms. The number of hydrogen-bond donors (Lipinski definition) is 1. The molecule has 1 aliphatic carbocycles.